The van der Waals surface area contributed by atoms with Crippen molar-refractivity contribution in [3.63, 3.8) is 0 Å². The first-order valence-electron chi connectivity index (χ1n) is 9.12. The smallest absolute Gasteiger partial charge is 0.341 e. The molecule has 0 aliphatic rings. The highest BCUT2D eigenvalue weighted by atomic mass is 35.5. The lowest BCUT2D eigenvalue weighted by Gasteiger charge is -2.10. The molecule has 1 N–H and O–H groups in total. The molecule has 1 aromatic heterocycles. The Kier molecular flexibility index (Phi) is 7.37. The summed E-state index contributed by atoms with van der Waals surface area (Å²) in [6.07, 6.45) is 0. The fourth-order valence-electron chi connectivity index (χ4n) is 2.70. The summed E-state index contributed by atoms with van der Waals surface area (Å²) in [6.45, 7) is 3.66. The number of carbonyl (C=O) groups is 2. The van der Waals surface area contributed by atoms with E-state index >= 15 is 0 Å². The Labute approximate surface area is 188 Å². The van der Waals surface area contributed by atoms with Crippen LogP contribution in [-0.2, 0) is 9.53 Å². The van der Waals surface area contributed by atoms with Crippen molar-refractivity contribution in [2.24, 2.45) is 0 Å². The van der Waals surface area contributed by atoms with Gasteiger partial charge >= 0.3 is 5.97 Å². The maximum Gasteiger partial charge on any atom is 0.341 e. The average Bonchev–Trinajstić information content (AvgIpc) is 3.13. The molecular formula is C22H19Cl2NO4S. The minimum Gasteiger partial charge on any atom is -0.482 e. The second-order valence-electron chi connectivity index (χ2n) is 6.35. The van der Waals surface area contributed by atoms with Crippen LogP contribution in [0.15, 0.2) is 47.8 Å². The largest absolute Gasteiger partial charge is 0.482 e. The first-order valence-corrected chi connectivity index (χ1v) is 10.8. The third-order valence-electron chi connectivity index (χ3n) is 4.14. The molecule has 2 aromatic carbocycles. The van der Waals surface area contributed by atoms with Gasteiger partial charge in [0.25, 0.3) is 5.91 Å². The monoisotopic (exact) mass is 463 g/mol. The first kappa shape index (κ1) is 22.2. The highest BCUT2D eigenvalue weighted by Crippen LogP contribution is 2.36. The van der Waals surface area contributed by atoms with Gasteiger partial charge in [-0.3, -0.25) is 4.79 Å². The van der Waals surface area contributed by atoms with E-state index in [4.69, 9.17) is 32.7 Å². The molecule has 0 saturated carbocycles. The average molecular weight is 464 g/mol. The molecular weight excluding hydrogens is 445 g/mol. The fraction of sp³-hybridized carbons (Fsp3) is 0.182. The lowest BCUT2D eigenvalue weighted by atomic mass is 10.0. The number of thiophene rings is 1. The van der Waals surface area contributed by atoms with Gasteiger partial charge < -0.3 is 14.8 Å². The fourth-order valence-corrected chi connectivity index (χ4v) is 4.00. The van der Waals surface area contributed by atoms with Crippen LogP contribution in [0.5, 0.6) is 5.75 Å². The molecule has 1 heterocycles. The van der Waals surface area contributed by atoms with Gasteiger partial charge in [-0.2, -0.15) is 0 Å². The summed E-state index contributed by atoms with van der Waals surface area (Å²) in [5.74, 6) is -0.631. The van der Waals surface area contributed by atoms with Gasteiger partial charge in [0, 0.05) is 22.0 Å². The van der Waals surface area contributed by atoms with Gasteiger partial charge in [-0.05, 0) is 31.5 Å². The number of hydrogen-bond acceptors (Lipinski definition) is 5. The SMILES string of the molecule is CCOC(=O)c1c(-c2ccc(C)cc2)csc1NC(=O)COc1cc(Cl)ccc1Cl. The van der Waals surface area contributed by atoms with Crippen molar-refractivity contribution >= 4 is 51.4 Å². The van der Waals surface area contributed by atoms with E-state index in [9.17, 15) is 9.59 Å². The lowest BCUT2D eigenvalue weighted by Crippen LogP contribution is -2.21. The van der Waals surface area contributed by atoms with Gasteiger partial charge in [0.05, 0.1) is 11.6 Å². The van der Waals surface area contributed by atoms with Crippen molar-refractivity contribution in [1.82, 2.24) is 0 Å². The highest BCUT2D eigenvalue weighted by Gasteiger charge is 2.23. The number of esters is 1. The summed E-state index contributed by atoms with van der Waals surface area (Å²) in [4.78, 5) is 25.0. The summed E-state index contributed by atoms with van der Waals surface area (Å²) in [5.41, 5.74) is 2.99. The molecule has 0 bridgehead atoms. The first-order chi connectivity index (χ1) is 14.4. The number of anilines is 1. The van der Waals surface area contributed by atoms with E-state index < -0.39 is 11.9 Å². The Balaban J connectivity index is 1.80. The number of carbonyl (C=O) groups excluding carboxylic acids is 2. The van der Waals surface area contributed by atoms with Gasteiger partial charge in [-0.15, -0.1) is 11.3 Å². The Hall–Kier alpha value is -2.54. The number of hydrogen-bond donors (Lipinski definition) is 1. The molecule has 0 spiro atoms. The maximum absolute atomic E-state index is 12.6. The highest BCUT2D eigenvalue weighted by molar-refractivity contribution is 7.15. The maximum atomic E-state index is 12.6. The Bertz CT molecular complexity index is 1060. The van der Waals surface area contributed by atoms with Gasteiger partial charge in [0.2, 0.25) is 0 Å². The molecule has 3 rings (SSSR count). The normalized spacial score (nSPS) is 10.5. The van der Waals surface area contributed by atoms with Crippen LogP contribution < -0.4 is 10.1 Å². The third kappa shape index (κ3) is 5.33. The van der Waals surface area contributed by atoms with E-state index in [1.807, 2.05) is 36.6 Å². The molecule has 0 radical (unpaired) electrons. The predicted molar refractivity (Wildman–Crippen MR) is 121 cm³/mol. The summed E-state index contributed by atoms with van der Waals surface area (Å²) in [6, 6.07) is 12.5. The van der Waals surface area contributed by atoms with E-state index in [2.05, 4.69) is 5.32 Å². The third-order valence-corrected chi connectivity index (χ3v) is 5.58. The Morgan fingerprint density at radius 1 is 1.10 bits per heavy atom. The van der Waals surface area contributed by atoms with E-state index in [-0.39, 0.29) is 13.2 Å². The lowest BCUT2D eigenvalue weighted by molar-refractivity contribution is -0.118. The van der Waals surface area contributed by atoms with Gasteiger partial charge in [-0.1, -0.05) is 53.0 Å². The van der Waals surface area contributed by atoms with E-state index in [0.29, 0.717) is 31.9 Å². The molecule has 0 fully saturated rings. The van der Waals surface area contributed by atoms with Crippen molar-refractivity contribution < 1.29 is 19.1 Å². The molecule has 0 atom stereocenters. The molecule has 8 heteroatoms. The van der Waals surface area contributed by atoms with E-state index in [1.165, 1.54) is 17.4 Å². The van der Waals surface area contributed by atoms with Crippen molar-refractivity contribution in [2.45, 2.75) is 13.8 Å². The second kappa shape index (κ2) is 9.98. The van der Waals surface area contributed by atoms with Crippen LogP contribution >= 0.6 is 34.5 Å². The molecule has 0 aliphatic heterocycles. The zero-order valence-electron chi connectivity index (χ0n) is 16.3. The molecule has 0 saturated heterocycles. The van der Waals surface area contributed by atoms with Crippen LogP contribution in [0.2, 0.25) is 10.0 Å². The molecule has 3 aromatic rings. The van der Waals surface area contributed by atoms with E-state index in [0.717, 1.165) is 11.1 Å². The second-order valence-corrected chi connectivity index (χ2v) is 8.07. The van der Waals surface area contributed by atoms with Crippen molar-refractivity contribution in [2.75, 3.05) is 18.5 Å². The summed E-state index contributed by atoms with van der Waals surface area (Å²) in [5, 5.41) is 5.74. The number of halogens is 2. The standard InChI is InChI=1S/C22H19Cl2NO4S/c1-3-28-22(27)20-16(14-6-4-13(2)5-7-14)12-30-21(20)25-19(26)11-29-18-10-15(23)8-9-17(18)24/h4-10,12H,3,11H2,1-2H3,(H,25,26). The van der Waals surface area contributed by atoms with Crippen LogP contribution in [0, 0.1) is 6.92 Å². The van der Waals surface area contributed by atoms with Crippen LogP contribution in [-0.4, -0.2) is 25.1 Å². The van der Waals surface area contributed by atoms with E-state index in [1.54, 1.807) is 19.1 Å². The molecule has 156 valence electrons. The minimum atomic E-state index is -0.497. The molecule has 5 nitrogen and oxygen atoms in total. The number of aryl methyl sites for hydroxylation is 1. The van der Waals surface area contributed by atoms with Gasteiger partial charge in [0.15, 0.2) is 6.61 Å². The zero-order valence-corrected chi connectivity index (χ0v) is 18.7. The number of ether oxygens (including phenoxy) is 2. The van der Waals surface area contributed by atoms with Crippen LogP contribution in [0.25, 0.3) is 11.1 Å². The molecule has 0 unspecified atom stereocenters. The summed E-state index contributed by atoms with van der Waals surface area (Å²) in [7, 11) is 0. The Morgan fingerprint density at radius 2 is 1.83 bits per heavy atom. The quantitative estimate of drug-likeness (QED) is 0.422. The van der Waals surface area contributed by atoms with Crippen molar-refractivity contribution in [1.29, 1.82) is 0 Å². The van der Waals surface area contributed by atoms with Crippen molar-refractivity contribution in [3.8, 4) is 16.9 Å². The van der Waals surface area contributed by atoms with Crippen LogP contribution in [0.4, 0.5) is 5.00 Å². The topological polar surface area (TPSA) is 64.6 Å². The van der Waals surface area contributed by atoms with Gasteiger partial charge in [-0.25, -0.2) is 4.79 Å². The van der Waals surface area contributed by atoms with Gasteiger partial charge in [0.1, 0.15) is 16.3 Å². The number of rotatable bonds is 7. The molecule has 0 aliphatic carbocycles. The number of nitrogens with one attached hydrogen (secondary N) is 1. The molecule has 1 amide bonds. The zero-order chi connectivity index (χ0) is 21.7. The summed E-state index contributed by atoms with van der Waals surface area (Å²) >= 11 is 13.2. The number of benzene rings is 2. The summed E-state index contributed by atoms with van der Waals surface area (Å²) < 4.78 is 10.7. The predicted octanol–water partition coefficient (Wildman–Crippen LogP) is 6.22. The Morgan fingerprint density at radius 3 is 2.53 bits per heavy atom. The van der Waals surface area contributed by atoms with Crippen molar-refractivity contribution in [3.05, 3.63) is 69.0 Å². The minimum absolute atomic E-state index is 0.228. The number of amides is 1. The van der Waals surface area contributed by atoms with Crippen LogP contribution in [0.1, 0.15) is 22.8 Å². The van der Waals surface area contributed by atoms with Crippen LogP contribution in [0.3, 0.4) is 0 Å². The molecule has 30 heavy (non-hydrogen) atoms.